The standard InChI is InChI=1S/C54H86O25/c1-21-29(59)32(62)34(64)44(72-21)75-39-31(61)26(19-56)74-46(37(39)67)76-40-36(66)41(43(69)70)77-47(38(40)68)78-42-24(58)17-50(4)27(51(42,5)20-57)10-11-53(7)28(50)9-8-22-23-16-49(2,3)12-14-54(23,15-13-52(22,53)6)48(71)79-45-35(65)33(63)30(60)25(18-55)73-45/h8,21,23-42,44-47,55-68H,9-20H2,1-7H3,(H,69,70). The SMILES string of the molecule is CC1OC(OC2C(O)C(CO)OC(OC3C(O)C(OC4C(O)CC5(C)C(CCC6(C)C5CC=C5C7CC(C)(C)CCC7(C(=O)OC7OC(CO)C(O)C(O)C7O)CCC56C)C4(C)CO)OC(C(=O)O)C3O)C2O)C(O)C(O)C1O. The summed E-state index contributed by atoms with van der Waals surface area (Å²) < 4.78 is 46.6. The van der Waals surface area contributed by atoms with Crippen LogP contribution in [0.4, 0.5) is 0 Å². The summed E-state index contributed by atoms with van der Waals surface area (Å²) in [6, 6.07) is 0. The smallest absolute Gasteiger partial charge is 0.335 e. The summed E-state index contributed by atoms with van der Waals surface area (Å²) in [5.74, 6) is -3.07. The monoisotopic (exact) mass is 1130 g/mol. The van der Waals surface area contributed by atoms with Crippen molar-refractivity contribution < 1.29 is 124 Å². The summed E-state index contributed by atoms with van der Waals surface area (Å²) in [6.45, 7) is 11.9. The third-order valence-corrected chi connectivity index (χ3v) is 21.4. The number of carboxylic acids is 1. The molecule has 79 heavy (non-hydrogen) atoms. The number of aliphatic carboxylic acids is 1. The van der Waals surface area contributed by atoms with E-state index in [-0.39, 0.29) is 29.6 Å². The average molecular weight is 1140 g/mol. The number of fused-ring (bicyclic) bond motifs is 7. The Labute approximate surface area is 457 Å². The van der Waals surface area contributed by atoms with Gasteiger partial charge in [-0.15, -0.1) is 0 Å². The largest absolute Gasteiger partial charge is 0.479 e. The van der Waals surface area contributed by atoms with Crippen LogP contribution in [0.25, 0.3) is 0 Å². The first-order valence-corrected chi connectivity index (χ1v) is 27.9. The molecule has 0 spiro atoms. The number of aliphatic hydroxyl groups excluding tert-OH is 14. The van der Waals surface area contributed by atoms with Crippen LogP contribution in [-0.4, -0.2) is 243 Å². The van der Waals surface area contributed by atoms with Crippen LogP contribution in [0.1, 0.15) is 106 Å². The molecule has 9 aliphatic rings. The Balaban J connectivity index is 0.958. The molecule has 0 aromatic carbocycles. The Hall–Kier alpha value is -2.16. The van der Waals surface area contributed by atoms with Crippen LogP contribution in [0.3, 0.4) is 0 Å². The summed E-state index contributed by atoms with van der Waals surface area (Å²) >= 11 is 0. The van der Waals surface area contributed by atoms with Gasteiger partial charge in [-0.25, -0.2) is 4.79 Å². The van der Waals surface area contributed by atoms with E-state index >= 15 is 0 Å². The van der Waals surface area contributed by atoms with Gasteiger partial charge in [0.05, 0.1) is 43.5 Å². The zero-order valence-corrected chi connectivity index (χ0v) is 45.8. The third-order valence-electron chi connectivity index (χ3n) is 21.4. The molecular weight excluding hydrogens is 1050 g/mol. The van der Waals surface area contributed by atoms with E-state index in [4.69, 9.17) is 37.9 Å². The van der Waals surface area contributed by atoms with Crippen molar-refractivity contribution in [3.8, 4) is 0 Å². The van der Waals surface area contributed by atoms with E-state index in [0.29, 0.717) is 51.4 Å². The predicted molar refractivity (Wildman–Crippen MR) is 265 cm³/mol. The lowest BCUT2D eigenvalue weighted by atomic mass is 9.33. The molecule has 8 fully saturated rings. The molecule has 15 N–H and O–H groups in total. The normalized spacial score (nSPS) is 54.5. The van der Waals surface area contributed by atoms with E-state index in [2.05, 4.69) is 40.7 Å². The Morgan fingerprint density at radius 3 is 1.77 bits per heavy atom. The first-order chi connectivity index (χ1) is 36.9. The lowest BCUT2D eigenvalue weighted by molar-refractivity contribution is -0.384. The number of ether oxygens (including phenoxy) is 8. The summed E-state index contributed by atoms with van der Waals surface area (Å²) in [4.78, 5) is 27.5. The maximum Gasteiger partial charge on any atom is 0.335 e. The fraction of sp³-hybridized carbons (Fsp3) is 0.926. The van der Waals surface area contributed by atoms with Crippen molar-refractivity contribution in [3.63, 3.8) is 0 Å². The highest BCUT2D eigenvalue weighted by Gasteiger charge is 2.72. The highest BCUT2D eigenvalue weighted by molar-refractivity contribution is 5.79. The molecule has 4 heterocycles. The van der Waals surface area contributed by atoms with Crippen molar-refractivity contribution in [1.82, 2.24) is 0 Å². The number of allylic oxidation sites excluding steroid dienone is 2. The van der Waals surface area contributed by atoms with Gasteiger partial charge in [-0.2, -0.15) is 0 Å². The third kappa shape index (κ3) is 9.85. The van der Waals surface area contributed by atoms with Crippen molar-refractivity contribution in [3.05, 3.63) is 11.6 Å². The lowest BCUT2D eigenvalue weighted by Crippen LogP contribution is -2.70. The number of aliphatic hydroxyl groups is 14. The fourth-order valence-corrected chi connectivity index (χ4v) is 16.6. The van der Waals surface area contributed by atoms with Crippen LogP contribution in [0.5, 0.6) is 0 Å². The van der Waals surface area contributed by atoms with Crippen molar-refractivity contribution in [2.45, 2.75) is 241 Å². The van der Waals surface area contributed by atoms with E-state index in [1.807, 2.05) is 0 Å². The van der Waals surface area contributed by atoms with Crippen molar-refractivity contribution in [1.29, 1.82) is 0 Å². The summed E-state index contributed by atoms with van der Waals surface area (Å²) in [5.41, 5.74) is -2.98. The highest BCUT2D eigenvalue weighted by atomic mass is 16.8. The number of rotatable bonds is 12. The van der Waals surface area contributed by atoms with Crippen LogP contribution < -0.4 is 0 Å². The van der Waals surface area contributed by atoms with E-state index in [1.54, 1.807) is 6.92 Å². The fourth-order valence-electron chi connectivity index (χ4n) is 16.6. The molecule has 0 aromatic rings. The van der Waals surface area contributed by atoms with Gasteiger partial charge in [-0.05, 0) is 104 Å². The number of hydrogen-bond donors (Lipinski definition) is 15. The molecule has 5 aliphatic carbocycles. The van der Waals surface area contributed by atoms with Crippen molar-refractivity contribution in [2.24, 2.45) is 50.2 Å². The molecule has 0 bridgehead atoms. The number of carbonyl (C=O) groups excluding carboxylic acids is 1. The molecule has 9 rings (SSSR count). The Bertz CT molecular complexity index is 2240. The van der Waals surface area contributed by atoms with Crippen molar-refractivity contribution >= 4 is 11.9 Å². The predicted octanol–water partition coefficient (Wildman–Crippen LogP) is -2.97. The quantitative estimate of drug-likeness (QED) is 0.0527. The van der Waals surface area contributed by atoms with E-state index in [0.717, 1.165) is 5.57 Å². The maximum atomic E-state index is 14.8. The molecule has 25 nitrogen and oxygen atoms in total. The van der Waals surface area contributed by atoms with E-state index in [9.17, 15) is 86.2 Å². The second-order valence-corrected chi connectivity index (χ2v) is 26.3. The van der Waals surface area contributed by atoms with Gasteiger partial charge in [0.25, 0.3) is 0 Å². The maximum absolute atomic E-state index is 14.8. The molecule has 0 amide bonds. The second-order valence-electron chi connectivity index (χ2n) is 26.3. The average Bonchev–Trinajstić information content (AvgIpc) is 2.79. The molecule has 4 saturated carbocycles. The molecule has 4 aliphatic heterocycles. The number of carboxylic acid groups (broad SMARTS) is 1. The van der Waals surface area contributed by atoms with Crippen LogP contribution in [-0.2, 0) is 47.5 Å². The Morgan fingerprint density at radius 1 is 0.595 bits per heavy atom. The topological polar surface area (TPSA) is 411 Å². The van der Waals surface area contributed by atoms with Crippen LogP contribution in [0.2, 0.25) is 0 Å². The van der Waals surface area contributed by atoms with Gasteiger partial charge in [-0.3, -0.25) is 4.79 Å². The number of carbonyl (C=O) groups is 2. The number of esters is 1. The van der Waals surface area contributed by atoms with Gasteiger partial charge in [0, 0.05) is 5.41 Å². The summed E-state index contributed by atoms with van der Waals surface area (Å²) in [7, 11) is 0. The molecule has 30 atom stereocenters. The van der Waals surface area contributed by atoms with Crippen LogP contribution >= 0.6 is 0 Å². The zero-order chi connectivity index (χ0) is 58.0. The molecule has 452 valence electrons. The Morgan fingerprint density at radius 2 is 1.15 bits per heavy atom. The van der Waals surface area contributed by atoms with Gasteiger partial charge in [0.2, 0.25) is 6.29 Å². The summed E-state index contributed by atoms with van der Waals surface area (Å²) in [5, 5.41) is 164. The van der Waals surface area contributed by atoms with Gasteiger partial charge < -0.3 is 114 Å². The lowest BCUT2D eigenvalue weighted by Gasteiger charge is -2.72. The van der Waals surface area contributed by atoms with Gasteiger partial charge >= 0.3 is 11.9 Å². The van der Waals surface area contributed by atoms with Gasteiger partial charge in [-0.1, -0.05) is 53.2 Å². The molecule has 0 aromatic heterocycles. The molecule has 4 saturated heterocycles. The minimum Gasteiger partial charge on any atom is -0.479 e. The highest BCUT2D eigenvalue weighted by Crippen LogP contribution is 2.76. The minimum absolute atomic E-state index is 0.107. The van der Waals surface area contributed by atoms with Crippen LogP contribution in [0.15, 0.2) is 11.6 Å². The van der Waals surface area contributed by atoms with E-state index < -0.39 is 194 Å². The molecular formula is C54H86O25. The van der Waals surface area contributed by atoms with E-state index in [1.165, 1.54) is 6.92 Å². The second kappa shape index (κ2) is 22.0. The van der Waals surface area contributed by atoms with Gasteiger partial charge in [0.1, 0.15) is 85.5 Å². The molecule has 30 unspecified atom stereocenters. The molecule has 25 heteroatoms. The summed E-state index contributed by atoms with van der Waals surface area (Å²) in [6.07, 6.45) is -31.6. The van der Waals surface area contributed by atoms with Gasteiger partial charge in [0.15, 0.2) is 25.0 Å². The minimum atomic E-state index is -2.19. The van der Waals surface area contributed by atoms with Crippen LogP contribution in [0, 0.1) is 50.2 Å². The zero-order valence-electron chi connectivity index (χ0n) is 45.8. The van der Waals surface area contributed by atoms with Crippen molar-refractivity contribution in [2.75, 3.05) is 19.8 Å². The number of hydrogen-bond acceptors (Lipinski definition) is 24. The molecule has 0 radical (unpaired) electrons. The first-order valence-electron chi connectivity index (χ1n) is 27.9. The Kier molecular flexibility index (Phi) is 17.1. The first kappa shape index (κ1) is 61.4.